The SMILES string of the molecule is O=S(=O)(c1ccc(N2CCC(F)(F)CC2)nc1)N1CCC(NCc2ccccc2)CC1. The van der Waals surface area contributed by atoms with Crippen molar-refractivity contribution in [3.05, 3.63) is 54.2 Å². The van der Waals surface area contributed by atoms with E-state index in [-0.39, 0.29) is 36.9 Å². The molecular weight excluding hydrogens is 422 g/mol. The Bertz CT molecular complexity index is 953. The Hall–Kier alpha value is -2.10. The first-order valence-corrected chi connectivity index (χ1v) is 12.1. The summed E-state index contributed by atoms with van der Waals surface area (Å²) in [5.74, 6) is -2.08. The van der Waals surface area contributed by atoms with Crippen LogP contribution in [0.1, 0.15) is 31.2 Å². The molecule has 1 N–H and O–H groups in total. The van der Waals surface area contributed by atoms with Crippen molar-refractivity contribution < 1.29 is 17.2 Å². The normalized spacial score (nSPS) is 20.6. The number of sulfonamides is 1. The van der Waals surface area contributed by atoms with Gasteiger partial charge in [-0.1, -0.05) is 30.3 Å². The molecular formula is C22H28F2N4O2S. The van der Waals surface area contributed by atoms with E-state index >= 15 is 0 Å². The number of halogens is 2. The zero-order chi connectivity index (χ0) is 21.9. The zero-order valence-electron chi connectivity index (χ0n) is 17.4. The molecule has 0 saturated carbocycles. The van der Waals surface area contributed by atoms with E-state index in [2.05, 4.69) is 22.4 Å². The maximum Gasteiger partial charge on any atom is 0.251 e. The second-order valence-corrected chi connectivity index (χ2v) is 10.2. The topological polar surface area (TPSA) is 65.5 Å². The highest BCUT2D eigenvalue weighted by atomic mass is 32.2. The Balaban J connectivity index is 1.31. The van der Waals surface area contributed by atoms with Crippen LogP contribution in [-0.4, -0.2) is 55.9 Å². The fraction of sp³-hybridized carbons (Fsp3) is 0.500. The van der Waals surface area contributed by atoms with Crippen LogP contribution in [0.4, 0.5) is 14.6 Å². The van der Waals surface area contributed by atoms with Crippen molar-refractivity contribution in [1.82, 2.24) is 14.6 Å². The number of anilines is 1. The minimum atomic E-state index is -3.61. The number of alkyl halides is 2. The highest BCUT2D eigenvalue weighted by Crippen LogP contribution is 2.30. The standard InChI is InChI=1S/C22H28F2N4O2S/c23-22(24)10-14-27(15-11-22)21-7-6-20(17-26-21)31(29,30)28-12-8-19(9-13-28)25-16-18-4-2-1-3-5-18/h1-7,17,19,25H,8-16H2. The molecule has 4 rings (SSSR count). The summed E-state index contributed by atoms with van der Waals surface area (Å²) in [7, 11) is -3.61. The average Bonchev–Trinajstić information content (AvgIpc) is 2.79. The molecule has 0 aliphatic carbocycles. The molecule has 0 radical (unpaired) electrons. The van der Waals surface area contributed by atoms with Crippen molar-refractivity contribution in [3.63, 3.8) is 0 Å². The van der Waals surface area contributed by atoms with Crippen molar-refractivity contribution in [2.75, 3.05) is 31.1 Å². The lowest BCUT2D eigenvalue weighted by Gasteiger charge is -2.33. The molecule has 0 amide bonds. The fourth-order valence-corrected chi connectivity index (χ4v) is 5.50. The molecule has 6 nitrogen and oxygen atoms in total. The van der Waals surface area contributed by atoms with Gasteiger partial charge in [0.05, 0.1) is 0 Å². The molecule has 1 aromatic heterocycles. The van der Waals surface area contributed by atoms with Crippen LogP contribution in [0.3, 0.4) is 0 Å². The molecule has 0 spiro atoms. The lowest BCUT2D eigenvalue weighted by atomic mass is 10.1. The van der Waals surface area contributed by atoms with E-state index in [0.29, 0.717) is 18.9 Å². The number of hydrogen-bond acceptors (Lipinski definition) is 5. The van der Waals surface area contributed by atoms with Crippen molar-refractivity contribution in [2.24, 2.45) is 0 Å². The summed E-state index contributed by atoms with van der Waals surface area (Å²) in [6.45, 7) is 2.12. The fourth-order valence-electron chi connectivity index (χ4n) is 4.08. The molecule has 1 aromatic carbocycles. The van der Waals surface area contributed by atoms with Crippen LogP contribution in [0.2, 0.25) is 0 Å². The summed E-state index contributed by atoms with van der Waals surface area (Å²) < 4.78 is 54.2. The Morgan fingerprint density at radius 1 is 1.00 bits per heavy atom. The van der Waals surface area contributed by atoms with Gasteiger partial charge in [-0.2, -0.15) is 4.31 Å². The van der Waals surface area contributed by atoms with Crippen LogP contribution >= 0.6 is 0 Å². The number of benzene rings is 1. The van der Waals surface area contributed by atoms with Crippen LogP contribution in [0, 0.1) is 0 Å². The van der Waals surface area contributed by atoms with Gasteiger partial charge in [0.25, 0.3) is 5.92 Å². The van der Waals surface area contributed by atoms with Crippen LogP contribution in [-0.2, 0) is 16.6 Å². The molecule has 31 heavy (non-hydrogen) atoms. The maximum atomic E-state index is 13.3. The van der Waals surface area contributed by atoms with Gasteiger partial charge in [-0.15, -0.1) is 0 Å². The minimum absolute atomic E-state index is 0.147. The summed E-state index contributed by atoms with van der Waals surface area (Å²) in [5.41, 5.74) is 1.21. The molecule has 3 heterocycles. The lowest BCUT2D eigenvalue weighted by Crippen LogP contribution is -2.44. The van der Waals surface area contributed by atoms with Crippen LogP contribution in [0.25, 0.3) is 0 Å². The van der Waals surface area contributed by atoms with E-state index < -0.39 is 15.9 Å². The maximum absolute atomic E-state index is 13.3. The number of rotatable bonds is 6. The Labute approximate surface area is 182 Å². The van der Waals surface area contributed by atoms with Gasteiger partial charge in [0.1, 0.15) is 10.7 Å². The first-order chi connectivity index (χ1) is 14.8. The quantitative estimate of drug-likeness (QED) is 0.732. The highest BCUT2D eigenvalue weighted by molar-refractivity contribution is 7.89. The third-order valence-electron chi connectivity index (χ3n) is 6.07. The van der Waals surface area contributed by atoms with Gasteiger partial charge in [0.15, 0.2) is 0 Å². The largest absolute Gasteiger partial charge is 0.356 e. The molecule has 2 aliphatic heterocycles. The van der Waals surface area contributed by atoms with Gasteiger partial charge in [-0.25, -0.2) is 22.2 Å². The van der Waals surface area contributed by atoms with E-state index in [4.69, 9.17) is 0 Å². The average molecular weight is 451 g/mol. The molecule has 2 aromatic rings. The number of piperidine rings is 2. The van der Waals surface area contributed by atoms with Crippen molar-refractivity contribution in [2.45, 2.75) is 49.1 Å². The number of hydrogen-bond donors (Lipinski definition) is 1. The van der Waals surface area contributed by atoms with E-state index in [1.54, 1.807) is 11.0 Å². The first kappa shape index (κ1) is 22.1. The number of nitrogens with zero attached hydrogens (tertiary/aromatic N) is 3. The van der Waals surface area contributed by atoms with Crippen molar-refractivity contribution in [3.8, 4) is 0 Å². The summed E-state index contributed by atoms with van der Waals surface area (Å²) in [4.78, 5) is 6.18. The van der Waals surface area contributed by atoms with E-state index in [0.717, 1.165) is 19.4 Å². The first-order valence-electron chi connectivity index (χ1n) is 10.7. The monoisotopic (exact) mass is 450 g/mol. The molecule has 0 unspecified atom stereocenters. The van der Waals surface area contributed by atoms with Gasteiger partial charge in [0.2, 0.25) is 10.0 Å². The van der Waals surface area contributed by atoms with Crippen LogP contribution in [0.15, 0.2) is 53.6 Å². The summed E-state index contributed by atoms with van der Waals surface area (Å²) in [5, 5.41) is 3.51. The van der Waals surface area contributed by atoms with Gasteiger partial charge < -0.3 is 10.2 Å². The molecule has 9 heteroatoms. The Morgan fingerprint density at radius 3 is 2.29 bits per heavy atom. The van der Waals surface area contributed by atoms with Gasteiger partial charge in [0, 0.05) is 57.8 Å². The number of pyridine rings is 1. The van der Waals surface area contributed by atoms with Gasteiger partial charge >= 0.3 is 0 Å². The predicted octanol–water partition coefficient (Wildman–Crippen LogP) is 3.26. The second-order valence-electron chi connectivity index (χ2n) is 8.24. The molecule has 0 bridgehead atoms. The molecule has 0 atom stereocenters. The molecule has 2 aliphatic rings. The van der Waals surface area contributed by atoms with Crippen molar-refractivity contribution >= 4 is 15.8 Å². The van der Waals surface area contributed by atoms with E-state index in [9.17, 15) is 17.2 Å². The van der Waals surface area contributed by atoms with E-state index in [1.807, 2.05) is 18.2 Å². The number of aromatic nitrogens is 1. The smallest absolute Gasteiger partial charge is 0.251 e. The van der Waals surface area contributed by atoms with Gasteiger partial charge in [-0.3, -0.25) is 0 Å². The molecule has 2 saturated heterocycles. The Kier molecular flexibility index (Phi) is 6.55. The van der Waals surface area contributed by atoms with E-state index in [1.165, 1.54) is 22.1 Å². The second kappa shape index (κ2) is 9.18. The van der Waals surface area contributed by atoms with Crippen molar-refractivity contribution in [1.29, 1.82) is 0 Å². The third-order valence-corrected chi connectivity index (χ3v) is 7.95. The number of nitrogens with one attached hydrogen (secondary N) is 1. The Morgan fingerprint density at radius 2 is 1.68 bits per heavy atom. The predicted molar refractivity (Wildman–Crippen MR) is 116 cm³/mol. The lowest BCUT2D eigenvalue weighted by molar-refractivity contribution is -0.0221. The molecule has 2 fully saturated rings. The minimum Gasteiger partial charge on any atom is -0.356 e. The summed E-state index contributed by atoms with van der Waals surface area (Å²) in [6, 6.07) is 13.6. The van der Waals surface area contributed by atoms with Gasteiger partial charge in [-0.05, 0) is 30.5 Å². The highest BCUT2D eigenvalue weighted by Gasteiger charge is 2.35. The summed E-state index contributed by atoms with van der Waals surface area (Å²) in [6.07, 6.45) is 2.43. The third kappa shape index (κ3) is 5.39. The zero-order valence-corrected chi connectivity index (χ0v) is 18.2. The van der Waals surface area contributed by atoms with Crippen LogP contribution in [0.5, 0.6) is 0 Å². The summed E-state index contributed by atoms with van der Waals surface area (Å²) >= 11 is 0. The molecule has 168 valence electrons. The van der Waals surface area contributed by atoms with Crippen LogP contribution < -0.4 is 10.2 Å².